The molecule has 2 saturated carbocycles. The van der Waals surface area contributed by atoms with E-state index < -0.39 is 5.97 Å². The van der Waals surface area contributed by atoms with Crippen LogP contribution in [0.15, 0.2) is 0 Å². The molecule has 0 bridgehead atoms. The highest BCUT2D eigenvalue weighted by Crippen LogP contribution is 2.53. The first kappa shape index (κ1) is 12.0. The van der Waals surface area contributed by atoms with E-state index in [2.05, 4.69) is 13.8 Å². The molecule has 4 heteroatoms. The Labute approximate surface area is 107 Å². The summed E-state index contributed by atoms with van der Waals surface area (Å²) < 4.78 is 0. The SMILES string of the molecule is CC1(C)C[C@@H]1C(=O)N1C[C@H](C(=O)O)[C@@H](C2CC2)C1. The predicted molar refractivity (Wildman–Crippen MR) is 65.8 cm³/mol. The zero-order chi connectivity index (χ0) is 13.1. The van der Waals surface area contributed by atoms with Crippen LogP contribution in [0, 0.1) is 29.1 Å². The average Bonchev–Trinajstić information content (AvgIpc) is 3.17. The third-order valence-electron chi connectivity index (χ3n) is 5.03. The summed E-state index contributed by atoms with van der Waals surface area (Å²) in [4.78, 5) is 25.4. The monoisotopic (exact) mass is 251 g/mol. The second-order valence-electron chi connectivity index (χ2n) is 6.93. The Hall–Kier alpha value is -1.06. The number of likely N-dealkylation sites (tertiary alicyclic amines) is 1. The summed E-state index contributed by atoms with van der Waals surface area (Å²) in [6.45, 7) is 5.33. The second-order valence-corrected chi connectivity index (χ2v) is 6.93. The van der Waals surface area contributed by atoms with Gasteiger partial charge in [-0.15, -0.1) is 0 Å². The van der Waals surface area contributed by atoms with Crippen LogP contribution in [0.1, 0.15) is 33.1 Å². The van der Waals surface area contributed by atoms with E-state index in [1.165, 1.54) is 0 Å². The third kappa shape index (κ3) is 1.91. The van der Waals surface area contributed by atoms with Crippen molar-refractivity contribution in [1.29, 1.82) is 0 Å². The van der Waals surface area contributed by atoms with Gasteiger partial charge < -0.3 is 10.0 Å². The lowest BCUT2D eigenvalue weighted by Gasteiger charge is -2.17. The van der Waals surface area contributed by atoms with Crippen LogP contribution in [-0.4, -0.2) is 35.0 Å². The molecule has 2 aliphatic carbocycles. The van der Waals surface area contributed by atoms with Gasteiger partial charge in [-0.25, -0.2) is 0 Å². The van der Waals surface area contributed by atoms with E-state index in [0.29, 0.717) is 19.0 Å². The van der Waals surface area contributed by atoms with E-state index >= 15 is 0 Å². The summed E-state index contributed by atoms with van der Waals surface area (Å²) in [5, 5.41) is 9.28. The maximum absolute atomic E-state index is 12.3. The zero-order valence-electron chi connectivity index (χ0n) is 11.1. The third-order valence-corrected chi connectivity index (χ3v) is 5.03. The van der Waals surface area contributed by atoms with Crippen LogP contribution in [-0.2, 0) is 9.59 Å². The van der Waals surface area contributed by atoms with Crippen LogP contribution in [0.25, 0.3) is 0 Å². The fourth-order valence-corrected chi connectivity index (χ4v) is 3.38. The molecule has 1 heterocycles. The van der Waals surface area contributed by atoms with Crippen molar-refractivity contribution in [3.8, 4) is 0 Å². The first-order chi connectivity index (χ1) is 8.40. The number of aliphatic carboxylic acids is 1. The molecule has 1 saturated heterocycles. The van der Waals surface area contributed by atoms with Crippen molar-refractivity contribution in [3.63, 3.8) is 0 Å². The number of carbonyl (C=O) groups excluding carboxylic acids is 1. The first-order valence-electron chi connectivity index (χ1n) is 6.92. The molecule has 0 radical (unpaired) electrons. The van der Waals surface area contributed by atoms with Gasteiger partial charge in [-0.3, -0.25) is 9.59 Å². The lowest BCUT2D eigenvalue weighted by Crippen LogP contribution is -2.32. The quantitative estimate of drug-likeness (QED) is 0.829. The molecule has 0 aromatic carbocycles. The second kappa shape index (κ2) is 3.72. The van der Waals surface area contributed by atoms with E-state index in [1.54, 1.807) is 0 Å². The molecule has 3 rings (SSSR count). The fraction of sp³-hybridized carbons (Fsp3) is 0.857. The van der Waals surface area contributed by atoms with E-state index in [9.17, 15) is 14.7 Å². The van der Waals surface area contributed by atoms with Gasteiger partial charge in [0, 0.05) is 19.0 Å². The van der Waals surface area contributed by atoms with Gasteiger partial charge in [0.2, 0.25) is 5.91 Å². The number of carbonyl (C=O) groups is 2. The van der Waals surface area contributed by atoms with Crippen molar-refractivity contribution in [2.45, 2.75) is 33.1 Å². The summed E-state index contributed by atoms with van der Waals surface area (Å²) in [6, 6.07) is 0. The Kier molecular flexibility index (Phi) is 2.48. The molecule has 1 amide bonds. The Bertz CT molecular complexity index is 400. The maximum Gasteiger partial charge on any atom is 0.308 e. The van der Waals surface area contributed by atoms with E-state index in [-0.39, 0.29) is 29.1 Å². The molecule has 0 aromatic heterocycles. The molecular weight excluding hydrogens is 230 g/mol. The largest absolute Gasteiger partial charge is 0.481 e. The van der Waals surface area contributed by atoms with Crippen LogP contribution in [0.5, 0.6) is 0 Å². The maximum atomic E-state index is 12.3. The minimum Gasteiger partial charge on any atom is -0.481 e. The molecule has 18 heavy (non-hydrogen) atoms. The van der Waals surface area contributed by atoms with Crippen LogP contribution in [0.2, 0.25) is 0 Å². The van der Waals surface area contributed by atoms with Crippen molar-refractivity contribution < 1.29 is 14.7 Å². The van der Waals surface area contributed by atoms with Crippen molar-refractivity contribution in [2.24, 2.45) is 29.1 Å². The average molecular weight is 251 g/mol. The van der Waals surface area contributed by atoms with E-state index in [1.807, 2.05) is 4.90 Å². The first-order valence-corrected chi connectivity index (χ1v) is 6.92. The summed E-state index contributed by atoms with van der Waals surface area (Å²) in [7, 11) is 0. The van der Waals surface area contributed by atoms with Crippen molar-refractivity contribution in [1.82, 2.24) is 4.90 Å². The van der Waals surface area contributed by atoms with Crippen molar-refractivity contribution >= 4 is 11.9 Å². The summed E-state index contributed by atoms with van der Waals surface area (Å²) >= 11 is 0. The number of carboxylic acids is 1. The number of hydrogen-bond acceptors (Lipinski definition) is 2. The van der Waals surface area contributed by atoms with Crippen LogP contribution >= 0.6 is 0 Å². The molecule has 0 unspecified atom stereocenters. The van der Waals surface area contributed by atoms with E-state index in [4.69, 9.17) is 0 Å². The molecular formula is C14H21NO3. The highest BCUT2D eigenvalue weighted by molar-refractivity contribution is 5.84. The van der Waals surface area contributed by atoms with Gasteiger partial charge in [0.15, 0.2) is 0 Å². The van der Waals surface area contributed by atoms with Crippen LogP contribution in [0.4, 0.5) is 0 Å². The standard InChI is InChI=1S/C14H21NO3/c1-14(2)5-11(14)12(16)15-6-9(8-3-4-8)10(7-15)13(17)18/h8-11H,3-7H2,1-2H3,(H,17,18)/t9-,10+,11-/m1/s1. The van der Waals surface area contributed by atoms with Crippen molar-refractivity contribution in [2.75, 3.05) is 13.1 Å². The molecule has 3 fully saturated rings. The van der Waals surface area contributed by atoms with Crippen LogP contribution < -0.4 is 0 Å². The summed E-state index contributed by atoms with van der Waals surface area (Å²) in [6.07, 6.45) is 3.24. The van der Waals surface area contributed by atoms with Crippen molar-refractivity contribution in [3.05, 3.63) is 0 Å². The molecule has 1 N–H and O–H groups in total. The summed E-state index contributed by atoms with van der Waals surface area (Å²) in [5.74, 6) is 0.0179. The Morgan fingerprint density at radius 3 is 2.28 bits per heavy atom. The Morgan fingerprint density at radius 2 is 1.83 bits per heavy atom. The van der Waals surface area contributed by atoms with Gasteiger partial charge >= 0.3 is 5.97 Å². The van der Waals surface area contributed by atoms with Gasteiger partial charge in [-0.1, -0.05) is 13.8 Å². The van der Waals surface area contributed by atoms with Crippen LogP contribution in [0.3, 0.4) is 0 Å². The normalized spacial score (nSPS) is 37.7. The Morgan fingerprint density at radius 1 is 1.22 bits per heavy atom. The minimum atomic E-state index is -0.725. The highest BCUT2D eigenvalue weighted by Gasteiger charge is 2.55. The molecule has 0 spiro atoms. The number of hydrogen-bond donors (Lipinski definition) is 1. The summed E-state index contributed by atoms with van der Waals surface area (Å²) in [5.41, 5.74) is 0.132. The number of carboxylic acid groups (broad SMARTS) is 1. The molecule has 0 aromatic rings. The lowest BCUT2D eigenvalue weighted by molar-refractivity contribution is -0.142. The molecule has 100 valence electrons. The topological polar surface area (TPSA) is 57.6 Å². The van der Waals surface area contributed by atoms with E-state index in [0.717, 1.165) is 19.3 Å². The van der Waals surface area contributed by atoms with Gasteiger partial charge in [0.05, 0.1) is 5.92 Å². The number of amides is 1. The predicted octanol–water partition coefficient (Wildman–Crippen LogP) is 1.60. The molecule has 1 aliphatic heterocycles. The molecule has 3 aliphatic rings. The molecule has 3 atom stereocenters. The number of nitrogens with zero attached hydrogens (tertiary/aromatic N) is 1. The Balaban J connectivity index is 1.68. The molecule has 4 nitrogen and oxygen atoms in total. The van der Waals surface area contributed by atoms with Gasteiger partial charge in [-0.2, -0.15) is 0 Å². The fourth-order valence-electron chi connectivity index (χ4n) is 3.38. The minimum absolute atomic E-state index is 0.130. The lowest BCUT2D eigenvalue weighted by atomic mass is 9.92. The smallest absolute Gasteiger partial charge is 0.308 e. The zero-order valence-corrected chi connectivity index (χ0v) is 11.1. The number of rotatable bonds is 3. The highest BCUT2D eigenvalue weighted by atomic mass is 16.4. The van der Waals surface area contributed by atoms with Gasteiger partial charge in [0.25, 0.3) is 0 Å². The van der Waals surface area contributed by atoms with Gasteiger partial charge in [0.1, 0.15) is 0 Å². The van der Waals surface area contributed by atoms with Gasteiger partial charge in [-0.05, 0) is 36.5 Å².